The van der Waals surface area contributed by atoms with E-state index in [4.69, 9.17) is 16.3 Å². The van der Waals surface area contributed by atoms with Crippen LogP contribution in [-0.2, 0) is 9.53 Å². The summed E-state index contributed by atoms with van der Waals surface area (Å²) in [4.78, 5) is 13.9. The average molecular weight is 234 g/mol. The predicted octanol–water partition coefficient (Wildman–Crippen LogP) is 2.03. The second-order valence-electron chi connectivity index (χ2n) is 3.84. The second-order valence-corrected chi connectivity index (χ2v) is 4.37. The highest BCUT2D eigenvalue weighted by Gasteiger charge is 2.27. The molecular formula is C11H20ClNO2. The topological polar surface area (TPSA) is 29.5 Å². The van der Waals surface area contributed by atoms with Crippen LogP contribution in [0.15, 0.2) is 0 Å². The van der Waals surface area contributed by atoms with Gasteiger partial charge in [-0.25, -0.2) is 0 Å². The van der Waals surface area contributed by atoms with Gasteiger partial charge in [0.2, 0.25) is 5.91 Å². The largest absolute Gasteiger partial charge is 0.381 e. The smallest absolute Gasteiger partial charge is 0.240 e. The van der Waals surface area contributed by atoms with Crippen LogP contribution in [0.3, 0.4) is 0 Å². The molecule has 0 saturated carbocycles. The van der Waals surface area contributed by atoms with Gasteiger partial charge in [0.15, 0.2) is 0 Å². The van der Waals surface area contributed by atoms with Gasteiger partial charge in [-0.05, 0) is 26.2 Å². The molecule has 4 heteroatoms. The third-order valence-electron chi connectivity index (χ3n) is 2.88. The van der Waals surface area contributed by atoms with E-state index in [0.717, 1.165) is 32.6 Å². The van der Waals surface area contributed by atoms with Crippen LogP contribution in [0.2, 0.25) is 0 Å². The molecule has 1 fully saturated rings. The van der Waals surface area contributed by atoms with Crippen molar-refractivity contribution < 1.29 is 9.53 Å². The molecule has 0 aliphatic carbocycles. The molecule has 1 rings (SSSR count). The number of rotatable bonds is 4. The molecule has 0 aromatic heterocycles. The maximum absolute atomic E-state index is 12.0. The van der Waals surface area contributed by atoms with E-state index < -0.39 is 0 Å². The fourth-order valence-corrected chi connectivity index (χ4v) is 2.07. The summed E-state index contributed by atoms with van der Waals surface area (Å²) < 4.78 is 5.29. The maximum Gasteiger partial charge on any atom is 0.240 e. The fraction of sp³-hybridized carbons (Fsp3) is 0.909. The first kappa shape index (κ1) is 12.8. The molecule has 1 amide bonds. The van der Waals surface area contributed by atoms with Gasteiger partial charge in [0, 0.05) is 25.8 Å². The number of amides is 1. The Morgan fingerprint density at radius 1 is 1.47 bits per heavy atom. The predicted molar refractivity (Wildman–Crippen MR) is 61.2 cm³/mol. The Morgan fingerprint density at radius 2 is 2.07 bits per heavy atom. The molecule has 0 N–H and O–H groups in total. The number of alkyl halides is 1. The van der Waals surface area contributed by atoms with Crippen molar-refractivity contribution in [3.8, 4) is 0 Å². The number of halogens is 1. The maximum atomic E-state index is 12.0. The van der Waals surface area contributed by atoms with Gasteiger partial charge >= 0.3 is 0 Å². The van der Waals surface area contributed by atoms with E-state index in [1.54, 1.807) is 0 Å². The minimum Gasteiger partial charge on any atom is -0.381 e. The summed E-state index contributed by atoms with van der Waals surface area (Å²) >= 11 is 5.99. The summed E-state index contributed by atoms with van der Waals surface area (Å²) in [6, 6.07) is 0.323. The van der Waals surface area contributed by atoms with Gasteiger partial charge in [0.1, 0.15) is 5.38 Å². The van der Waals surface area contributed by atoms with Gasteiger partial charge in [-0.3, -0.25) is 4.79 Å². The number of carbonyl (C=O) groups is 1. The van der Waals surface area contributed by atoms with E-state index in [0.29, 0.717) is 12.5 Å². The van der Waals surface area contributed by atoms with Gasteiger partial charge in [-0.1, -0.05) is 6.92 Å². The lowest BCUT2D eigenvalue weighted by molar-refractivity contribution is -0.134. The molecule has 15 heavy (non-hydrogen) atoms. The van der Waals surface area contributed by atoms with Crippen molar-refractivity contribution in [2.75, 3.05) is 19.8 Å². The molecule has 88 valence electrons. The van der Waals surface area contributed by atoms with Crippen LogP contribution in [-0.4, -0.2) is 42.0 Å². The molecule has 0 bridgehead atoms. The minimum absolute atomic E-state index is 0.0774. The van der Waals surface area contributed by atoms with Crippen molar-refractivity contribution in [3.05, 3.63) is 0 Å². The Balaban J connectivity index is 2.56. The van der Waals surface area contributed by atoms with Crippen LogP contribution in [0.25, 0.3) is 0 Å². The van der Waals surface area contributed by atoms with Gasteiger partial charge < -0.3 is 9.64 Å². The highest BCUT2D eigenvalue weighted by Crippen LogP contribution is 2.17. The molecule has 0 aromatic carbocycles. The quantitative estimate of drug-likeness (QED) is 0.696. The number of nitrogens with zero attached hydrogens (tertiary/aromatic N) is 1. The number of carbonyl (C=O) groups excluding carboxylic acids is 1. The monoisotopic (exact) mass is 233 g/mol. The minimum atomic E-state index is -0.368. The first-order valence-electron chi connectivity index (χ1n) is 5.73. The summed E-state index contributed by atoms with van der Waals surface area (Å²) in [6.07, 6.45) is 2.57. The van der Waals surface area contributed by atoms with E-state index in [9.17, 15) is 4.79 Å². The van der Waals surface area contributed by atoms with Crippen molar-refractivity contribution >= 4 is 17.5 Å². The Morgan fingerprint density at radius 3 is 2.53 bits per heavy atom. The lowest BCUT2D eigenvalue weighted by Gasteiger charge is -2.34. The van der Waals surface area contributed by atoms with Crippen molar-refractivity contribution in [2.24, 2.45) is 0 Å². The molecule has 0 aromatic rings. The summed E-state index contributed by atoms with van der Waals surface area (Å²) in [5.41, 5.74) is 0. The van der Waals surface area contributed by atoms with Gasteiger partial charge in [-0.15, -0.1) is 11.6 Å². The first-order valence-corrected chi connectivity index (χ1v) is 6.16. The molecular weight excluding hydrogens is 214 g/mol. The van der Waals surface area contributed by atoms with Gasteiger partial charge in [0.25, 0.3) is 0 Å². The zero-order chi connectivity index (χ0) is 11.3. The Kier molecular flexibility index (Phi) is 5.40. The lowest BCUT2D eigenvalue weighted by atomic mass is 10.1. The van der Waals surface area contributed by atoms with Gasteiger partial charge in [-0.2, -0.15) is 0 Å². The zero-order valence-electron chi connectivity index (χ0n) is 9.54. The SMILES string of the molecule is CC[C@H](Cl)C(=O)N(CC)C1CCOCC1. The first-order chi connectivity index (χ1) is 7.20. The van der Waals surface area contributed by atoms with Crippen molar-refractivity contribution in [3.63, 3.8) is 0 Å². The molecule has 1 heterocycles. The van der Waals surface area contributed by atoms with Crippen molar-refractivity contribution in [1.82, 2.24) is 4.90 Å². The summed E-state index contributed by atoms with van der Waals surface area (Å²) in [5, 5.41) is -0.368. The van der Waals surface area contributed by atoms with Gasteiger partial charge in [0.05, 0.1) is 0 Å². The Labute approximate surface area is 96.7 Å². The van der Waals surface area contributed by atoms with Crippen LogP contribution >= 0.6 is 11.6 Å². The van der Waals surface area contributed by atoms with E-state index in [1.807, 2.05) is 18.7 Å². The number of hydrogen-bond donors (Lipinski definition) is 0. The molecule has 0 radical (unpaired) electrons. The Bertz CT molecular complexity index is 205. The number of ether oxygens (including phenoxy) is 1. The molecule has 1 aliphatic rings. The third-order valence-corrected chi connectivity index (χ3v) is 3.38. The molecule has 1 atom stereocenters. The number of hydrogen-bond acceptors (Lipinski definition) is 2. The average Bonchev–Trinajstić information content (AvgIpc) is 2.30. The van der Waals surface area contributed by atoms with Crippen molar-refractivity contribution in [1.29, 1.82) is 0 Å². The fourth-order valence-electron chi connectivity index (χ4n) is 1.95. The van der Waals surface area contributed by atoms with Crippen LogP contribution in [0.4, 0.5) is 0 Å². The molecule has 0 unspecified atom stereocenters. The molecule has 3 nitrogen and oxygen atoms in total. The second kappa shape index (κ2) is 6.33. The Hall–Kier alpha value is -0.280. The molecule has 1 aliphatic heterocycles. The standard InChI is InChI=1S/C11H20ClNO2/c1-3-10(12)11(14)13(4-2)9-5-7-15-8-6-9/h9-10H,3-8H2,1-2H3/t10-/m0/s1. The molecule has 0 spiro atoms. The van der Waals surface area contributed by atoms with Crippen LogP contribution in [0, 0.1) is 0 Å². The third kappa shape index (κ3) is 3.35. The summed E-state index contributed by atoms with van der Waals surface area (Å²) in [7, 11) is 0. The van der Waals surface area contributed by atoms with E-state index in [2.05, 4.69) is 0 Å². The molecule has 1 saturated heterocycles. The lowest BCUT2D eigenvalue weighted by Crippen LogP contribution is -2.46. The van der Waals surface area contributed by atoms with E-state index >= 15 is 0 Å². The van der Waals surface area contributed by atoms with Crippen molar-refractivity contribution in [2.45, 2.75) is 44.5 Å². The zero-order valence-corrected chi connectivity index (χ0v) is 10.3. The summed E-state index contributed by atoms with van der Waals surface area (Å²) in [6.45, 7) is 6.20. The van der Waals surface area contributed by atoms with E-state index in [1.165, 1.54) is 0 Å². The van der Waals surface area contributed by atoms with Crippen LogP contribution in [0.1, 0.15) is 33.1 Å². The van der Waals surface area contributed by atoms with Crippen LogP contribution < -0.4 is 0 Å². The highest BCUT2D eigenvalue weighted by molar-refractivity contribution is 6.30. The van der Waals surface area contributed by atoms with Crippen LogP contribution in [0.5, 0.6) is 0 Å². The normalized spacial score (nSPS) is 19.9. The highest BCUT2D eigenvalue weighted by atomic mass is 35.5. The van der Waals surface area contributed by atoms with E-state index in [-0.39, 0.29) is 11.3 Å². The summed E-state index contributed by atoms with van der Waals surface area (Å²) in [5.74, 6) is 0.0774.